The Morgan fingerprint density at radius 1 is 1.05 bits per heavy atom. The van der Waals surface area contributed by atoms with Crippen LogP contribution in [0.1, 0.15) is 31.2 Å². The van der Waals surface area contributed by atoms with Crippen LogP contribution in [-0.4, -0.2) is 43.4 Å². The van der Waals surface area contributed by atoms with E-state index in [2.05, 4.69) is 12.1 Å². The monoisotopic (exact) mass is 301 g/mol. The second-order valence-corrected chi connectivity index (χ2v) is 6.42. The molecule has 1 heterocycles. The first-order valence-electron chi connectivity index (χ1n) is 7.95. The summed E-state index contributed by atoms with van der Waals surface area (Å²) in [4.78, 5) is 26.9. The topological polar surface area (TPSA) is 66.6 Å². The van der Waals surface area contributed by atoms with Gasteiger partial charge in [0.1, 0.15) is 0 Å². The maximum absolute atomic E-state index is 12.1. The molecular weight excluding hydrogens is 278 g/mol. The zero-order valence-corrected chi connectivity index (χ0v) is 13.0. The highest BCUT2D eigenvalue weighted by Gasteiger charge is 2.35. The Bertz CT molecular complexity index is 576. The van der Waals surface area contributed by atoms with Crippen LogP contribution in [0, 0.1) is 0 Å². The second-order valence-electron chi connectivity index (χ2n) is 6.42. The first-order valence-corrected chi connectivity index (χ1v) is 7.95. The van der Waals surface area contributed by atoms with Crippen molar-refractivity contribution in [1.82, 2.24) is 4.90 Å². The van der Waals surface area contributed by atoms with E-state index < -0.39 is 11.8 Å². The minimum atomic E-state index is -0.448. The zero-order valence-electron chi connectivity index (χ0n) is 13.0. The molecule has 5 heteroatoms. The maximum Gasteiger partial charge on any atom is 0.316 e. The summed E-state index contributed by atoms with van der Waals surface area (Å²) in [7, 11) is 1.66. The molecule has 0 atom stereocenters. The van der Waals surface area contributed by atoms with E-state index >= 15 is 0 Å². The molecule has 0 spiro atoms. The molecule has 1 aliphatic heterocycles. The summed E-state index contributed by atoms with van der Waals surface area (Å²) < 4.78 is 0. The minimum absolute atomic E-state index is 0.0977. The van der Waals surface area contributed by atoms with Crippen molar-refractivity contribution in [3.05, 3.63) is 29.8 Å². The lowest BCUT2D eigenvalue weighted by atomic mass is 9.79. The molecule has 2 N–H and O–H groups in total. The third-order valence-electron chi connectivity index (χ3n) is 5.18. The predicted octanol–water partition coefficient (Wildman–Crippen LogP) is 1.26. The number of nitrogens with zero attached hydrogens (tertiary/aromatic N) is 2. The number of carbonyl (C=O) groups is 2. The van der Waals surface area contributed by atoms with E-state index in [4.69, 9.17) is 5.73 Å². The molecule has 2 amide bonds. The quantitative estimate of drug-likeness (QED) is 0.855. The average Bonchev–Trinajstić information content (AvgIpc) is 3.03. The minimum Gasteiger partial charge on any atom is -0.336 e. The van der Waals surface area contributed by atoms with Crippen molar-refractivity contribution in [3.8, 4) is 0 Å². The van der Waals surface area contributed by atoms with Crippen molar-refractivity contribution in [1.29, 1.82) is 0 Å². The molecule has 1 aromatic rings. The molecule has 22 heavy (non-hydrogen) atoms. The number of hydrogen-bond acceptors (Lipinski definition) is 3. The number of piperazine rings is 1. The van der Waals surface area contributed by atoms with Gasteiger partial charge in [-0.1, -0.05) is 25.0 Å². The van der Waals surface area contributed by atoms with Crippen LogP contribution in [0.15, 0.2) is 24.3 Å². The Morgan fingerprint density at radius 2 is 1.68 bits per heavy atom. The third-order valence-corrected chi connectivity index (χ3v) is 5.18. The van der Waals surface area contributed by atoms with Gasteiger partial charge in [-0.25, -0.2) is 0 Å². The van der Waals surface area contributed by atoms with Gasteiger partial charge >= 0.3 is 11.8 Å². The summed E-state index contributed by atoms with van der Waals surface area (Å²) in [6.07, 6.45) is 4.72. The summed E-state index contributed by atoms with van der Waals surface area (Å²) in [5, 5.41) is 0. The fraction of sp³-hybridized carbons (Fsp3) is 0.529. The second kappa shape index (κ2) is 5.72. The van der Waals surface area contributed by atoms with Crippen LogP contribution < -0.4 is 10.6 Å². The van der Waals surface area contributed by atoms with Gasteiger partial charge in [-0.3, -0.25) is 9.59 Å². The van der Waals surface area contributed by atoms with Crippen LogP contribution in [0.4, 0.5) is 5.69 Å². The van der Waals surface area contributed by atoms with Gasteiger partial charge in [0, 0.05) is 37.8 Å². The number of carbonyl (C=O) groups excluding carboxylic acids is 2. The zero-order chi connectivity index (χ0) is 15.7. The van der Waals surface area contributed by atoms with Crippen LogP contribution >= 0.6 is 0 Å². The molecule has 5 nitrogen and oxygen atoms in total. The first kappa shape index (κ1) is 15.0. The largest absolute Gasteiger partial charge is 0.336 e. The van der Waals surface area contributed by atoms with Gasteiger partial charge in [0.15, 0.2) is 0 Å². The molecule has 1 aliphatic carbocycles. The van der Waals surface area contributed by atoms with Gasteiger partial charge in [0.05, 0.1) is 0 Å². The number of amides is 2. The smallest absolute Gasteiger partial charge is 0.316 e. The molecule has 1 aromatic carbocycles. The average molecular weight is 301 g/mol. The summed E-state index contributed by atoms with van der Waals surface area (Å²) in [6.45, 7) is 1.78. The van der Waals surface area contributed by atoms with Crippen LogP contribution in [0.3, 0.4) is 0 Å². The Balaban J connectivity index is 1.83. The van der Waals surface area contributed by atoms with Crippen molar-refractivity contribution >= 4 is 17.5 Å². The maximum atomic E-state index is 12.1. The fourth-order valence-corrected chi connectivity index (χ4v) is 3.64. The molecule has 2 aliphatic rings. The van der Waals surface area contributed by atoms with Crippen molar-refractivity contribution in [3.63, 3.8) is 0 Å². The Kier molecular flexibility index (Phi) is 3.91. The Labute approximate surface area is 131 Å². The van der Waals surface area contributed by atoms with Gasteiger partial charge in [-0.15, -0.1) is 0 Å². The lowest BCUT2D eigenvalue weighted by Crippen LogP contribution is -2.53. The van der Waals surface area contributed by atoms with Gasteiger partial charge in [-0.2, -0.15) is 0 Å². The Hall–Kier alpha value is -1.88. The van der Waals surface area contributed by atoms with Crippen LogP contribution in [0.5, 0.6) is 0 Å². The third kappa shape index (κ3) is 2.39. The molecule has 0 aromatic heterocycles. The number of rotatable bonds is 3. The van der Waals surface area contributed by atoms with Crippen molar-refractivity contribution < 1.29 is 9.59 Å². The molecule has 3 rings (SSSR count). The molecule has 118 valence electrons. The molecule has 0 unspecified atom stereocenters. The summed E-state index contributed by atoms with van der Waals surface area (Å²) >= 11 is 0. The highest BCUT2D eigenvalue weighted by Crippen LogP contribution is 2.40. The van der Waals surface area contributed by atoms with Gasteiger partial charge in [0.2, 0.25) is 0 Å². The number of likely N-dealkylation sites (N-methyl/N-ethyl adjacent to an activating group) is 1. The van der Waals surface area contributed by atoms with Crippen molar-refractivity contribution in [2.24, 2.45) is 5.73 Å². The molecule has 1 saturated heterocycles. The van der Waals surface area contributed by atoms with E-state index in [0.717, 1.165) is 18.5 Å². The van der Waals surface area contributed by atoms with Gasteiger partial charge < -0.3 is 15.5 Å². The highest BCUT2D eigenvalue weighted by molar-refractivity contribution is 6.40. The lowest BCUT2D eigenvalue weighted by Gasteiger charge is -2.32. The molecule has 0 radical (unpaired) electrons. The molecule has 2 fully saturated rings. The van der Waals surface area contributed by atoms with Crippen LogP contribution in [-0.2, 0) is 15.0 Å². The SMILES string of the molecule is CN1CCN(c2ccc(C3(CN)CCCC3)cc2)C(=O)C1=O. The van der Waals surface area contributed by atoms with Crippen LogP contribution in [0.25, 0.3) is 0 Å². The fourth-order valence-electron chi connectivity index (χ4n) is 3.64. The van der Waals surface area contributed by atoms with E-state index in [0.29, 0.717) is 19.6 Å². The summed E-state index contributed by atoms with van der Waals surface area (Å²) in [5.41, 5.74) is 8.17. The highest BCUT2D eigenvalue weighted by atomic mass is 16.2. The molecule has 0 bridgehead atoms. The van der Waals surface area contributed by atoms with E-state index in [1.807, 2.05) is 12.1 Å². The van der Waals surface area contributed by atoms with E-state index in [1.165, 1.54) is 23.3 Å². The standard InChI is InChI=1S/C17H23N3O2/c1-19-10-11-20(16(22)15(19)21)14-6-4-13(5-7-14)17(12-18)8-2-3-9-17/h4-7H,2-3,8-12,18H2,1H3. The summed E-state index contributed by atoms with van der Waals surface area (Å²) in [5.74, 6) is -0.888. The number of benzene rings is 1. The normalized spacial score (nSPS) is 21.5. The lowest BCUT2D eigenvalue weighted by molar-refractivity contribution is -0.145. The first-order chi connectivity index (χ1) is 10.6. The van der Waals surface area contributed by atoms with Gasteiger partial charge in [0.25, 0.3) is 0 Å². The van der Waals surface area contributed by atoms with E-state index in [9.17, 15) is 9.59 Å². The molecular formula is C17H23N3O2. The molecule has 1 saturated carbocycles. The number of hydrogen-bond donors (Lipinski definition) is 1. The predicted molar refractivity (Wildman–Crippen MR) is 85.6 cm³/mol. The van der Waals surface area contributed by atoms with Crippen molar-refractivity contribution in [2.45, 2.75) is 31.1 Å². The Morgan fingerprint density at radius 3 is 2.27 bits per heavy atom. The van der Waals surface area contributed by atoms with Crippen molar-refractivity contribution in [2.75, 3.05) is 31.6 Å². The van der Waals surface area contributed by atoms with Gasteiger partial charge in [-0.05, 0) is 30.5 Å². The number of anilines is 1. The van der Waals surface area contributed by atoms with E-state index in [1.54, 1.807) is 11.9 Å². The summed E-state index contributed by atoms with van der Waals surface area (Å²) in [6, 6.07) is 8.04. The van der Waals surface area contributed by atoms with Crippen LogP contribution in [0.2, 0.25) is 0 Å². The number of nitrogens with two attached hydrogens (primary N) is 1. The van der Waals surface area contributed by atoms with E-state index in [-0.39, 0.29) is 5.41 Å².